The van der Waals surface area contributed by atoms with Crippen molar-refractivity contribution in [1.29, 1.82) is 0 Å². The molecule has 0 spiro atoms. The maximum absolute atomic E-state index is 13.2. The van der Waals surface area contributed by atoms with Gasteiger partial charge in [0, 0.05) is 17.8 Å². The molecule has 0 unspecified atom stereocenters. The van der Waals surface area contributed by atoms with Crippen molar-refractivity contribution >= 4 is 23.4 Å². The number of carbonyl (C=O) groups is 3. The predicted molar refractivity (Wildman–Crippen MR) is 158 cm³/mol. The monoisotopic (exact) mass is 558 g/mol. The van der Waals surface area contributed by atoms with E-state index in [1.807, 2.05) is 76.2 Å². The molecule has 0 saturated heterocycles. The zero-order chi connectivity index (χ0) is 30.1. The van der Waals surface area contributed by atoms with E-state index in [4.69, 9.17) is 14.2 Å². The van der Waals surface area contributed by atoms with E-state index in [0.29, 0.717) is 18.6 Å². The van der Waals surface area contributed by atoms with Gasteiger partial charge in [-0.1, -0.05) is 73.5 Å². The first-order valence-electron chi connectivity index (χ1n) is 13.7. The molecule has 0 aliphatic carbocycles. The van der Waals surface area contributed by atoms with E-state index in [1.165, 1.54) is 26.3 Å². The molecule has 0 bridgehead atoms. The number of hydrogen-bond donors (Lipinski definition) is 1. The highest BCUT2D eigenvalue weighted by Gasteiger charge is 2.27. The molecule has 8 heteroatoms. The van der Waals surface area contributed by atoms with Crippen LogP contribution in [0.3, 0.4) is 0 Å². The summed E-state index contributed by atoms with van der Waals surface area (Å²) < 4.78 is 16.7. The number of benzene rings is 2. The van der Waals surface area contributed by atoms with Crippen LogP contribution in [0.15, 0.2) is 66.6 Å². The number of esters is 2. The maximum atomic E-state index is 13.2. The lowest BCUT2D eigenvalue weighted by molar-refractivity contribution is -0.141. The Morgan fingerprint density at radius 1 is 0.854 bits per heavy atom. The summed E-state index contributed by atoms with van der Waals surface area (Å²) >= 11 is 0. The summed E-state index contributed by atoms with van der Waals surface area (Å²) in [6, 6.07) is 16.4. The first-order chi connectivity index (χ1) is 19.6. The molecule has 1 heterocycles. The average molecular weight is 559 g/mol. The van der Waals surface area contributed by atoms with Gasteiger partial charge in [0.25, 0.3) is 5.91 Å². The summed E-state index contributed by atoms with van der Waals surface area (Å²) in [4.78, 5) is 43.2. The number of ether oxygens (including phenoxy) is 3. The standard InChI is InChI=1S/C33H38N2O6/c1-8-24(9-2)33(38)41-30-27(39-7)18-19-34-29(30)31(36)35-22(5)32(37)40-23(6)28(25-14-10-20(3)11-15-25)26-16-12-21(4)13-17-26/h10-19,22,24H,8-9H2,1-7H3,(H,35,36)/t22-/m0/s1. The highest BCUT2D eigenvalue weighted by atomic mass is 16.6. The number of nitrogens with zero attached hydrogens (tertiary/aromatic N) is 1. The highest BCUT2D eigenvalue weighted by molar-refractivity contribution is 5.99. The van der Waals surface area contributed by atoms with Crippen molar-refractivity contribution in [3.05, 3.63) is 94.5 Å². The Bertz CT molecular complexity index is 1360. The van der Waals surface area contributed by atoms with Crippen molar-refractivity contribution in [3.63, 3.8) is 0 Å². The second kappa shape index (κ2) is 14.3. The third-order valence-electron chi connectivity index (χ3n) is 6.81. The number of amides is 1. The molecule has 3 aromatic rings. The van der Waals surface area contributed by atoms with Crippen LogP contribution in [0, 0.1) is 19.8 Å². The van der Waals surface area contributed by atoms with Crippen molar-refractivity contribution in [1.82, 2.24) is 10.3 Å². The molecule has 1 amide bonds. The van der Waals surface area contributed by atoms with Gasteiger partial charge in [-0.05, 0) is 51.7 Å². The number of aryl methyl sites for hydroxylation is 2. The number of carbonyl (C=O) groups excluding carboxylic acids is 3. The van der Waals surface area contributed by atoms with Gasteiger partial charge in [-0.3, -0.25) is 9.59 Å². The highest BCUT2D eigenvalue weighted by Crippen LogP contribution is 2.31. The van der Waals surface area contributed by atoms with E-state index in [2.05, 4.69) is 10.3 Å². The molecular formula is C33H38N2O6. The van der Waals surface area contributed by atoms with Gasteiger partial charge in [-0.25, -0.2) is 9.78 Å². The molecule has 1 N–H and O–H groups in total. The fourth-order valence-electron chi connectivity index (χ4n) is 4.29. The van der Waals surface area contributed by atoms with E-state index >= 15 is 0 Å². The van der Waals surface area contributed by atoms with Crippen molar-refractivity contribution in [2.75, 3.05) is 7.11 Å². The van der Waals surface area contributed by atoms with E-state index in [9.17, 15) is 14.4 Å². The molecule has 0 aliphatic rings. The fraction of sp³-hybridized carbons (Fsp3) is 0.333. The Labute approximate surface area is 241 Å². The van der Waals surface area contributed by atoms with Gasteiger partial charge in [0.2, 0.25) is 5.75 Å². The van der Waals surface area contributed by atoms with Crippen molar-refractivity contribution in [2.45, 2.75) is 60.4 Å². The van der Waals surface area contributed by atoms with Crippen LogP contribution in [0.5, 0.6) is 11.5 Å². The molecule has 2 aromatic carbocycles. The number of allylic oxidation sites excluding steroid dienone is 1. The Kier molecular flexibility index (Phi) is 10.8. The van der Waals surface area contributed by atoms with Gasteiger partial charge < -0.3 is 19.5 Å². The van der Waals surface area contributed by atoms with Crippen LogP contribution >= 0.6 is 0 Å². The summed E-state index contributed by atoms with van der Waals surface area (Å²) in [6.07, 6.45) is 2.54. The summed E-state index contributed by atoms with van der Waals surface area (Å²) in [5.74, 6) is -1.71. The molecule has 0 fully saturated rings. The molecule has 216 valence electrons. The minimum Gasteiger partial charge on any atom is -0.493 e. The summed E-state index contributed by atoms with van der Waals surface area (Å²) in [7, 11) is 1.40. The van der Waals surface area contributed by atoms with Gasteiger partial charge in [0.1, 0.15) is 11.8 Å². The smallest absolute Gasteiger partial charge is 0.333 e. The minimum absolute atomic E-state index is 0.0953. The van der Waals surface area contributed by atoms with Crippen LogP contribution in [0.2, 0.25) is 0 Å². The maximum Gasteiger partial charge on any atom is 0.333 e. The molecular weight excluding hydrogens is 520 g/mol. The number of hydrogen-bond acceptors (Lipinski definition) is 7. The van der Waals surface area contributed by atoms with Crippen LogP contribution in [0.25, 0.3) is 5.57 Å². The number of nitrogens with one attached hydrogen (secondary N) is 1. The molecule has 0 saturated carbocycles. The van der Waals surface area contributed by atoms with E-state index < -0.39 is 23.9 Å². The van der Waals surface area contributed by atoms with Crippen LogP contribution in [-0.4, -0.2) is 36.0 Å². The lowest BCUT2D eigenvalue weighted by atomic mass is 9.95. The Morgan fingerprint density at radius 3 is 1.88 bits per heavy atom. The zero-order valence-corrected chi connectivity index (χ0v) is 24.7. The van der Waals surface area contributed by atoms with Crippen LogP contribution in [0.4, 0.5) is 0 Å². The number of aromatic nitrogens is 1. The second-order valence-corrected chi connectivity index (χ2v) is 9.90. The third-order valence-corrected chi connectivity index (χ3v) is 6.81. The van der Waals surface area contributed by atoms with Crippen molar-refractivity contribution in [2.24, 2.45) is 5.92 Å². The molecule has 3 rings (SSSR count). The predicted octanol–water partition coefficient (Wildman–Crippen LogP) is 6.19. The van der Waals surface area contributed by atoms with Gasteiger partial charge in [0.15, 0.2) is 11.4 Å². The summed E-state index contributed by atoms with van der Waals surface area (Å²) in [6.45, 7) is 11.0. The first kappa shape index (κ1) is 31.1. The van der Waals surface area contributed by atoms with E-state index in [-0.39, 0.29) is 23.1 Å². The molecule has 1 atom stereocenters. The lowest BCUT2D eigenvalue weighted by Gasteiger charge is -2.18. The van der Waals surface area contributed by atoms with Crippen molar-refractivity contribution in [3.8, 4) is 11.5 Å². The van der Waals surface area contributed by atoms with Crippen LogP contribution in [-0.2, 0) is 14.3 Å². The van der Waals surface area contributed by atoms with Gasteiger partial charge >= 0.3 is 11.9 Å². The molecule has 1 aromatic heterocycles. The fourth-order valence-corrected chi connectivity index (χ4v) is 4.29. The molecule has 41 heavy (non-hydrogen) atoms. The molecule has 8 nitrogen and oxygen atoms in total. The van der Waals surface area contributed by atoms with Gasteiger partial charge in [0.05, 0.1) is 13.0 Å². The largest absolute Gasteiger partial charge is 0.493 e. The zero-order valence-electron chi connectivity index (χ0n) is 24.7. The first-order valence-corrected chi connectivity index (χ1v) is 13.7. The second-order valence-electron chi connectivity index (χ2n) is 9.90. The quantitative estimate of drug-likeness (QED) is 0.221. The summed E-state index contributed by atoms with van der Waals surface area (Å²) in [5.41, 5.74) is 4.60. The third kappa shape index (κ3) is 7.81. The molecule has 0 radical (unpaired) electrons. The minimum atomic E-state index is -1.04. The van der Waals surface area contributed by atoms with Gasteiger partial charge in [-0.15, -0.1) is 0 Å². The van der Waals surface area contributed by atoms with Crippen LogP contribution < -0.4 is 14.8 Å². The normalized spacial score (nSPS) is 11.4. The number of methoxy groups -OCH3 is 1. The van der Waals surface area contributed by atoms with Crippen molar-refractivity contribution < 1.29 is 28.6 Å². The number of rotatable bonds is 11. The summed E-state index contributed by atoms with van der Waals surface area (Å²) in [5, 5.41) is 2.61. The Morgan fingerprint density at radius 2 is 1.39 bits per heavy atom. The van der Waals surface area contributed by atoms with Gasteiger partial charge in [-0.2, -0.15) is 0 Å². The van der Waals surface area contributed by atoms with Crippen LogP contribution in [0.1, 0.15) is 73.3 Å². The lowest BCUT2D eigenvalue weighted by Crippen LogP contribution is -2.40. The molecule has 0 aliphatic heterocycles. The Balaban J connectivity index is 1.85. The average Bonchev–Trinajstić information content (AvgIpc) is 2.95. The topological polar surface area (TPSA) is 104 Å². The SMILES string of the molecule is CCC(CC)C(=O)Oc1c(OC)ccnc1C(=O)N[C@@H](C)C(=O)OC(C)=C(c1ccc(C)cc1)c1ccc(C)cc1. The number of pyridine rings is 1. The Hall–Kier alpha value is -4.46. The van der Waals surface area contributed by atoms with E-state index in [0.717, 1.165) is 27.8 Å². The van der Waals surface area contributed by atoms with E-state index in [1.54, 1.807) is 6.92 Å².